The molecule has 4 nitrogen and oxygen atoms in total. The number of hydrogen-bond acceptors (Lipinski definition) is 2. The molecular formula is C19H18ClN3O. The van der Waals surface area contributed by atoms with Gasteiger partial charge in [-0.05, 0) is 48.6 Å². The molecule has 0 radical (unpaired) electrons. The van der Waals surface area contributed by atoms with Crippen molar-refractivity contribution in [2.45, 2.75) is 18.8 Å². The van der Waals surface area contributed by atoms with Crippen LogP contribution in [0.1, 0.15) is 34.7 Å². The number of aromatic amines is 1. The number of nitrogens with one attached hydrogen (secondary N) is 1. The Kier molecular flexibility index (Phi) is 3.98. The summed E-state index contributed by atoms with van der Waals surface area (Å²) in [6, 6.07) is 11.2. The van der Waals surface area contributed by atoms with Crippen LogP contribution in [0.15, 0.2) is 48.8 Å². The Morgan fingerprint density at radius 2 is 1.96 bits per heavy atom. The van der Waals surface area contributed by atoms with Gasteiger partial charge in [-0.25, -0.2) is 0 Å². The van der Waals surface area contributed by atoms with Gasteiger partial charge in [-0.1, -0.05) is 23.7 Å². The second-order valence-electron chi connectivity index (χ2n) is 6.19. The lowest BCUT2D eigenvalue weighted by atomic mass is 9.90. The van der Waals surface area contributed by atoms with Crippen LogP contribution in [0.5, 0.6) is 0 Å². The molecule has 5 heteroatoms. The van der Waals surface area contributed by atoms with Gasteiger partial charge in [-0.2, -0.15) is 0 Å². The molecule has 122 valence electrons. The first kappa shape index (κ1) is 15.2. The molecule has 0 bridgehead atoms. The van der Waals surface area contributed by atoms with E-state index in [1.807, 2.05) is 35.4 Å². The van der Waals surface area contributed by atoms with Gasteiger partial charge in [0.2, 0.25) is 0 Å². The summed E-state index contributed by atoms with van der Waals surface area (Å²) in [6.07, 6.45) is 5.78. The highest BCUT2D eigenvalue weighted by Crippen LogP contribution is 2.32. The molecular weight excluding hydrogens is 322 g/mol. The largest absolute Gasteiger partial charge is 0.360 e. The Morgan fingerprint density at radius 1 is 1.17 bits per heavy atom. The van der Waals surface area contributed by atoms with Gasteiger partial charge in [0, 0.05) is 25.5 Å². The van der Waals surface area contributed by atoms with E-state index in [0.29, 0.717) is 16.5 Å². The number of carbonyl (C=O) groups is 1. The van der Waals surface area contributed by atoms with Gasteiger partial charge in [0.1, 0.15) is 0 Å². The van der Waals surface area contributed by atoms with Crippen molar-refractivity contribution in [1.29, 1.82) is 0 Å². The molecule has 0 saturated carbocycles. The molecule has 1 fully saturated rings. The van der Waals surface area contributed by atoms with Gasteiger partial charge in [0.25, 0.3) is 5.91 Å². The lowest BCUT2D eigenvalue weighted by Gasteiger charge is -2.32. The zero-order valence-corrected chi connectivity index (χ0v) is 14.0. The summed E-state index contributed by atoms with van der Waals surface area (Å²) in [5.41, 5.74) is 3.97. The minimum absolute atomic E-state index is 0.0242. The molecule has 3 heterocycles. The molecule has 4 rings (SSSR count). The van der Waals surface area contributed by atoms with Crippen LogP contribution >= 0.6 is 11.6 Å². The SMILES string of the molecule is O=C(c1ccccc1Cl)N1CCC(c2c[nH]c3cccnc23)CC1. The van der Waals surface area contributed by atoms with E-state index in [4.69, 9.17) is 11.6 Å². The summed E-state index contributed by atoms with van der Waals surface area (Å²) < 4.78 is 0. The Bertz CT molecular complexity index is 881. The normalized spacial score (nSPS) is 15.8. The zero-order chi connectivity index (χ0) is 16.5. The lowest BCUT2D eigenvalue weighted by Crippen LogP contribution is -2.38. The average molecular weight is 340 g/mol. The fraction of sp³-hybridized carbons (Fsp3) is 0.263. The van der Waals surface area contributed by atoms with E-state index in [1.165, 1.54) is 5.56 Å². The number of H-pyrrole nitrogens is 1. The number of pyridine rings is 1. The van der Waals surface area contributed by atoms with Crippen molar-refractivity contribution in [3.05, 3.63) is 64.9 Å². The van der Waals surface area contributed by atoms with E-state index >= 15 is 0 Å². The maximum atomic E-state index is 12.6. The predicted molar refractivity (Wildman–Crippen MR) is 95.4 cm³/mol. The van der Waals surface area contributed by atoms with E-state index < -0.39 is 0 Å². The fourth-order valence-corrected chi connectivity index (χ4v) is 3.70. The maximum Gasteiger partial charge on any atom is 0.255 e. The number of carbonyl (C=O) groups excluding carboxylic acids is 1. The van der Waals surface area contributed by atoms with Crippen LogP contribution in [-0.2, 0) is 0 Å². The van der Waals surface area contributed by atoms with Crippen molar-refractivity contribution >= 4 is 28.5 Å². The third kappa shape index (κ3) is 2.67. The van der Waals surface area contributed by atoms with Gasteiger partial charge in [-0.15, -0.1) is 0 Å². The first-order valence-corrected chi connectivity index (χ1v) is 8.57. The summed E-state index contributed by atoms with van der Waals surface area (Å²) in [6.45, 7) is 1.49. The summed E-state index contributed by atoms with van der Waals surface area (Å²) in [7, 11) is 0. The molecule has 24 heavy (non-hydrogen) atoms. The van der Waals surface area contributed by atoms with E-state index in [9.17, 15) is 4.79 Å². The number of likely N-dealkylation sites (tertiary alicyclic amines) is 1. The van der Waals surface area contributed by atoms with Crippen molar-refractivity contribution in [3.8, 4) is 0 Å². The van der Waals surface area contributed by atoms with Crippen LogP contribution in [0, 0.1) is 0 Å². The van der Waals surface area contributed by atoms with Crippen molar-refractivity contribution in [3.63, 3.8) is 0 Å². The van der Waals surface area contributed by atoms with Crippen LogP contribution in [0.4, 0.5) is 0 Å². The second kappa shape index (κ2) is 6.29. The zero-order valence-electron chi connectivity index (χ0n) is 13.2. The number of aromatic nitrogens is 2. The predicted octanol–water partition coefficient (Wildman–Crippen LogP) is 4.24. The molecule has 1 aliphatic heterocycles. The Labute approximate surface area is 145 Å². The van der Waals surface area contributed by atoms with Crippen molar-refractivity contribution in [2.24, 2.45) is 0 Å². The number of fused-ring (bicyclic) bond motifs is 1. The molecule has 1 saturated heterocycles. The van der Waals surface area contributed by atoms with Crippen LogP contribution in [0.3, 0.4) is 0 Å². The van der Waals surface area contributed by atoms with E-state index in [-0.39, 0.29) is 5.91 Å². The highest BCUT2D eigenvalue weighted by Gasteiger charge is 2.27. The van der Waals surface area contributed by atoms with Gasteiger partial charge in [0.05, 0.1) is 21.6 Å². The van der Waals surface area contributed by atoms with Crippen LogP contribution < -0.4 is 0 Å². The summed E-state index contributed by atoms with van der Waals surface area (Å²) in [4.78, 5) is 22.3. The first-order chi connectivity index (χ1) is 11.7. The van der Waals surface area contributed by atoms with Gasteiger partial charge < -0.3 is 9.88 Å². The van der Waals surface area contributed by atoms with Crippen LogP contribution in [0.25, 0.3) is 11.0 Å². The summed E-state index contributed by atoms with van der Waals surface area (Å²) in [5.74, 6) is 0.458. The van der Waals surface area contributed by atoms with Gasteiger partial charge in [-0.3, -0.25) is 9.78 Å². The second-order valence-corrected chi connectivity index (χ2v) is 6.60. The molecule has 0 atom stereocenters. The van der Waals surface area contributed by atoms with E-state index in [2.05, 4.69) is 16.2 Å². The third-order valence-electron chi connectivity index (χ3n) is 4.79. The highest BCUT2D eigenvalue weighted by atomic mass is 35.5. The van der Waals surface area contributed by atoms with Crippen LogP contribution in [-0.4, -0.2) is 33.9 Å². The smallest absolute Gasteiger partial charge is 0.255 e. The number of amides is 1. The Balaban J connectivity index is 1.49. The van der Waals surface area contributed by atoms with Gasteiger partial charge in [0.15, 0.2) is 0 Å². The number of benzene rings is 1. The number of nitrogens with zero attached hydrogens (tertiary/aromatic N) is 2. The number of rotatable bonds is 2. The molecule has 1 amide bonds. The number of piperidine rings is 1. The average Bonchev–Trinajstić information content (AvgIpc) is 3.06. The van der Waals surface area contributed by atoms with Crippen molar-refractivity contribution in [2.75, 3.05) is 13.1 Å². The molecule has 1 aliphatic rings. The van der Waals surface area contributed by atoms with Crippen molar-refractivity contribution < 1.29 is 4.79 Å². The molecule has 1 aromatic carbocycles. The molecule has 0 unspecified atom stereocenters. The fourth-order valence-electron chi connectivity index (χ4n) is 3.49. The van der Waals surface area contributed by atoms with Gasteiger partial charge >= 0.3 is 0 Å². The standard InChI is InChI=1S/C19H18ClN3O/c20-16-5-2-1-4-14(16)19(24)23-10-7-13(8-11-23)15-12-22-17-6-3-9-21-18(15)17/h1-6,9,12-13,22H,7-8,10-11H2. The molecule has 3 aromatic rings. The topological polar surface area (TPSA) is 49.0 Å². The molecule has 1 N–H and O–H groups in total. The lowest BCUT2D eigenvalue weighted by molar-refractivity contribution is 0.0713. The number of halogens is 1. The first-order valence-electron chi connectivity index (χ1n) is 8.20. The van der Waals surface area contributed by atoms with E-state index in [0.717, 1.165) is 37.0 Å². The van der Waals surface area contributed by atoms with E-state index in [1.54, 1.807) is 12.1 Å². The van der Waals surface area contributed by atoms with Crippen molar-refractivity contribution in [1.82, 2.24) is 14.9 Å². The highest BCUT2D eigenvalue weighted by molar-refractivity contribution is 6.33. The third-order valence-corrected chi connectivity index (χ3v) is 5.12. The molecule has 0 spiro atoms. The van der Waals surface area contributed by atoms with Crippen LogP contribution in [0.2, 0.25) is 5.02 Å². The monoisotopic (exact) mass is 339 g/mol. The minimum atomic E-state index is 0.0242. The number of hydrogen-bond donors (Lipinski definition) is 1. The summed E-state index contributed by atoms with van der Waals surface area (Å²) in [5, 5.41) is 0.519. The maximum absolute atomic E-state index is 12.6. The Morgan fingerprint density at radius 3 is 2.75 bits per heavy atom. The molecule has 2 aromatic heterocycles. The minimum Gasteiger partial charge on any atom is -0.360 e. The quantitative estimate of drug-likeness (QED) is 0.759. The molecule has 0 aliphatic carbocycles. The Hall–Kier alpha value is -2.33. The summed E-state index contributed by atoms with van der Waals surface area (Å²) >= 11 is 6.15.